The van der Waals surface area contributed by atoms with Crippen LogP contribution < -0.4 is 15.5 Å². The van der Waals surface area contributed by atoms with E-state index in [0.29, 0.717) is 26.2 Å². The van der Waals surface area contributed by atoms with Gasteiger partial charge in [-0.3, -0.25) is 4.90 Å². The van der Waals surface area contributed by atoms with E-state index in [2.05, 4.69) is 41.0 Å². The van der Waals surface area contributed by atoms with E-state index in [1.54, 1.807) is 0 Å². The summed E-state index contributed by atoms with van der Waals surface area (Å²) in [4.78, 5) is 28.5. The van der Waals surface area contributed by atoms with Gasteiger partial charge in [-0.25, -0.2) is 9.59 Å². The lowest BCUT2D eigenvalue weighted by atomic mass is 10.0. The van der Waals surface area contributed by atoms with Crippen LogP contribution in [-0.4, -0.2) is 49.2 Å². The van der Waals surface area contributed by atoms with Crippen LogP contribution in [0.25, 0.3) is 11.1 Å². The Balaban J connectivity index is 1.36. The van der Waals surface area contributed by atoms with Crippen LogP contribution in [0.2, 0.25) is 0 Å². The number of nitrogens with zero attached hydrogens (tertiary/aromatic N) is 2. The highest BCUT2D eigenvalue weighted by Gasteiger charge is 2.28. The number of nitrogens with one attached hydrogen (secondary N) is 2. The zero-order chi connectivity index (χ0) is 20.2. The van der Waals surface area contributed by atoms with Crippen molar-refractivity contribution in [3.63, 3.8) is 0 Å². The molecule has 0 unspecified atom stereocenters. The molecule has 152 valence electrons. The fraction of sp³-hybridized carbons (Fsp3) is 0.391. The van der Waals surface area contributed by atoms with Crippen molar-refractivity contribution in [3.05, 3.63) is 54.1 Å². The standard InChI is InChI=1S/C23H28N4O2/c1-2-24-22(28)26-13-11-20(12-14-26)25-23(29)27-15-10-19-16-18(8-9-21(19)27)17-6-4-3-5-7-17/h3-9,16,20H,2,10-15H2,1H3,(H,24,28)(H,25,29). The number of piperidine rings is 1. The van der Waals surface area contributed by atoms with Crippen LogP contribution in [0.5, 0.6) is 0 Å². The number of benzene rings is 2. The first kappa shape index (κ1) is 19.3. The minimum atomic E-state index is -0.0346. The van der Waals surface area contributed by atoms with E-state index in [1.165, 1.54) is 16.7 Å². The average Bonchev–Trinajstić information content (AvgIpc) is 3.18. The monoisotopic (exact) mass is 392 g/mol. The molecule has 0 aliphatic carbocycles. The molecule has 29 heavy (non-hydrogen) atoms. The number of hydrogen-bond donors (Lipinski definition) is 2. The third kappa shape index (κ3) is 4.21. The van der Waals surface area contributed by atoms with Gasteiger partial charge in [0, 0.05) is 37.9 Å². The summed E-state index contributed by atoms with van der Waals surface area (Å²) in [5.74, 6) is 0. The van der Waals surface area contributed by atoms with Gasteiger partial charge in [0.1, 0.15) is 0 Å². The maximum Gasteiger partial charge on any atom is 0.322 e. The summed E-state index contributed by atoms with van der Waals surface area (Å²) in [5, 5.41) is 6.00. The first-order valence-corrected chi connectivity index (χ1v) is 10.4. The molecule has 6 nitrogen and oxygen atoms in total. The Morgan fingerprint density at radius 2 is 1.72 bits per heavy atom. The molecular formula is C23H28N4O2. The van der Waals surface area contributed by atoms with E-state index < -0.39 is 0 Å². The molecule has 2 aromatic rings. The normalized spacial score (nSPS) is 16.4. The van der Waals surface area contributed by atoms with Crippen molar-refractivity contribution in [2.75, 3.05) is 31.1 Å². The summed E-state index contributed by atoms with van der Waals surface area (Å²) in [7, 11) is 0. The molecule has 1 fully saturated rings. The Morgan fingerprint density at radius 3 is 2.45 bits per heavy atom. The topological polar surface area (TPSA) is 64.7 Å². The Kier molecular flexibility index (Phi) is 5.69. The Bertz CT molecular complexity index is 876. The fourth-order valence-corrected chi connectivity index (χ4v) is 4.17. The van der Waals surface area contributed by atoms with Crippen LogP contribution in [0.4, 0.5) is 15.3 Å². The van der Waals surface area contributed by atoms with Gasteiger partial charge in [0.2, 0.25) is 0 Å². The van der Waals surface area contributed by atoms with Crippen molar-refractivity contribution < 1.29 is 9.59 Å². The number of hydrogen-bond acceptors (Lipinski definition) is 2. The highest BCUT2D eigenvalue weighted by atomic mass is 16.2. The highest BCUT2D eigenvalue weighted by molar-refractivity contribution is 5.95. The van der Waals surface area contributed by atoms with Crippen LogP contribution in [0, 0.1) is 0 Å². The molecule has 0 spiro atoms. The lowest BCUT2D eigenvalue weighted by Gasteiger charge is -2.33. The zero-order valence-electron chi connectivity index (χ0n) is 16.9. The molecule has 2 N–H and O–H groups in total. The van der Waals surface area contributed by atoms with E-state index in [0.717, 1.165) is 24.9 Å². The minimum absolute atomic E-state index is 0.0139. The number of urea groups is 2. The average molecular weight is 393 g/mol. The summed E-state index contributed by atoms with van der Waals surface area (Å²) >= 11 is 0. The first-order chi connectivity index (χ1) is 14.2. The number of fused-ring (bicyclic) bond motifs is 1. The first-order valence-electron chi connectivity index (χ1n) is 10.4. The van der Waals surface area contributed by atoms with Gasteiger partial charge in [0.15, 0.2) is 0 Å². The molecule has 4 rings (SSSR count). The van der Waals surface area contributed by atoms with Gasteiger partial charge >= 0.3 is 12.1 Å². The van der Waals surface area contributed by atoms with E-state index in [9.17, 15) is 9.59 Å². The maximum atomic E-state index is 12.9. The quantitative estimate of drug-likeness (QED) is 0.838. The van der Waals surface area contributed by atoms with Crippen molar-refractivity contribution in [1.29, 1.82) is 0 Å². The predicted molar refractivity (Wildman–Crippen MR) is 115 cm³/mol. The zero-order valence-corrected chi connectivity index (χ0v) is 16.9. The number of anilines is 1. The van der Waals surface area contributed by atoms with Crippen LogP contribution >= 0.6 is 0 Å². The van der Waals surface area contributed by atoms with Crippen molar-refractivity contribution in [2.24, 2.45) is 0 Å². The SMILES string of the molecule is CCNC(=O)N1CCC(NC(=O)N2CCc3cc(-c4ccccc4)ccc32)CC1. The number of likely N-dealkylation sites (tertiary alicyclic amines) is 1. The van der Waals surface area contributed by atoms with E-state index in [4.69, 9.17) is 0 Å². The minimum Gasteiger partial charge on any atom is -0.338 e. The van der Waals surface area contributed by atoms with Gasteiger partial charge in [-0.1, -0.05) is 36.4 Å². The van der Waals surface area contributed by atoms with E-state index in [-0.39, 0.29) is 18.1 Å². The Morgan fingerprint density at radius 1 is 0.966 bits per heavy atom. The summed E-state index contributed by atoms with van der Waals surface area (Å²) in [5.41, 5.74) is 4.59. The van der Waals surface area contributed by atoms with Gasteiger partial charge in [0.25, 0.3) is 0 Å². The van der Waals surface area contributed by atoms with Crippen LogP contribution in [-0.2, 0) is 6.42 Å². The van der Waals surface area contributed by atoms with Crippen LogP contribution in [0.15, 0.2) is 48.5 Å². The smallest absolute Gasteiger partial charge is 0.322 e. The van der Waals surface area contributed by atoms with Gasteiger partial charge in [-0.05, 0) is 55.0 Å². The van der Waals surface area contributed by atoms with Crippen molar-refractivity contribution in [2.45, 2.75) is 32.2 Å². The molecular weight excluding hydrogens is 364 g/mol. The summed E-state index contributed by atoms with van der Waals surface area (Å²) in [6, 6.07) is 16.7. The molecule has 1 saturated heterocycles. The lowest BCUT2D eigenvalue weighted by Crippen LogP contribution is -2.51. The molecule has 6 heteroatoms. The van der Waals surface area contributed by atoms with E-state index >= 15 is 0 Å². The predicted octanol–water partition coefficient (Wildman–Crippen LogP) is 3.62. The molecule has 4 amide bonds. The second-order valence-electron chi connectivity index (χ2n) is 7.66. The molecule has 0 saturated carbocycles. The third-order valence-corrected chi connectivity index (χ3v) is 5.77. The molecule has 2 aromatic carbocycles. The second kappa shape index (κ2) is 8.55. The number of rotatable bonds is 3. The van der Waals surface area contributed by atoms with Crippen molar-refractivity contribution >= 4 is 17.7 Å². The summed E-state index contributed by atoms with van der Waals surface area (Å²) < 4.78 is 0. The number of amides is 4. The molecule has 2 aliphatic heterocycles. The molecule has 2 aliphatic rings. The third-order valence-electron chi connectivity index (χ3n) is 5.77. The van der Waals surface area contributed by atoms with Crippen LogP contribution in [0.1, 0.15) is 25.3 Å². The summed E-state index contributed by atoms with van der Waals surface area (Å²) in [6.07, 6.45) is 2.45. The van der Waals surface area contributed by atoms with Gasteiger partial charge < -0.3 is 15.5 Å². The number of carbonyl (C=O) groups is 2. The van der Waals surface area contributed by atoms with Gasteiger partial charge in [-0.15, -0.1) is 0 Å². The maximum absolute atomic E-state index is 12.9. The molecule has 2 heterocycles. The second-order valence-corrected chi connectivity index (χ2v) is 7.66. The lowest BCUT2D eigenvalue weighted by molar-refractivity contribution is 0.177. The summed E-state index contributed by atoms with van der Waals surface area (Å²) in [6.45, 7) is 4.61. The molecule has 0 radical (unpaired) electrons. The van der Waals surface area contributed by atoms with Crippen molar-refractivity contribution in [3.8, 4) is 11.1 Å². The van der Waals surface area contributed by atoms with Crippen molar-refractivity contribution in [1.82, 2.24) is 15.5 Å². The number of carbonyl (C=O) groups excluding carboxylic acids is 2. The van der Waals surface area contributed by atoms with Crippen LogP contribution in [0.3, 0.4) is 0 Å². The van der Waals surface area contributed by atoms with Gasteiger partial charge in [0.05, 0.1) is 0 Å². The largest absolute Gasteiger partial charge is 0.338 e. The van der Waals surface area contributed by atoms with E-state index in [1.807, 2.05) is 34.9 Å². The molecule has 0 atom stereocenters. The Hall–Kier alpha value is -3.02. The highest BCUT2D eigenvalue weighted by Crippen LogP contribution is 2.32. The molecule has 0 aromatic heterocycles. The van der Waals surface area contributed by atoms with Gasteiger partial charge in [-0.2, -0.15) is 0 Å². The molecule has 0 bridgehead atoms. The Labute approximate surface area is 171 Å². The fourth-order valence-electron chi connectivity index (χ4n) is 4.17.